The number of rotatable bonds is 6. The summed E-state index contributed by atoms with van der Waals surface area (Å²) in [6, 6.07) is 7.00. The van der Waals surface area contributed by atoms with Gasteiger partial charge in [0.25, 0.3) is 0 Å². The number of aryl methyl sites for hydroxylation is 1. The van der Waals surface area contributed by atoms with E-state index in [2.05, 4.69) is 5.32 Å². The Morgan fingerprint density at radius 1 is 1.29 bits per heavy atom. The van der Waals surface area contributed by atoms with E-state index in [-0.39, 0.29) is 19.1 Å². The number of alkyl carbamates (subject to hydrolysis) is 1. The van der Waals surface area contributed by atoms with Crippen LogP contribution >= 0.6 is 0 Å². The lowest BCUT2D eigenvalue weighted by Gasteiger charge is -2.23. The molecule has 1 unspecified atom stereocenters. The fraction of sp³-hybridized carbons (Fsp3) is 0.565. The molecule has 0 aliphatic carbocycles. The number of esters is 1. The van der Waals surface area contributed by atoms with Crippen LogP contribution in [0.3, 0.4) is 0 Å². The van der Waals surface area contributed by atoms with Gasteiger partial charge >= 0.3 is 12.1 Å². The normalized spacial score (nSPS) is 19.2. The monoisotopic (exact) mass is 432 g/mol. The quantitative estimate of drug-likeness (QED) is 0.705. The molecule has 0 saturated carbocycles. The maximum atomic E-state index is 12.9. The highest BCUT2D eigenvalue weighted by Crippen LogP contribution is 2.24. The van der Waals surface area contributed by atoms with Crippen LogP contribution in [0.2, 0.25) is 0 Å². The number of hydrogen-bond donors (Lipinski definition) is 1. The first-order valence-corrected chi connectivity index (χ1v) is 10.4. The van der Waals surface area contributed by atoms with Crippen LogP contribution in [0.25, 0.3) is 10.9 Å². The largest absolute Gasteiger partial charge is 0.461 e. The van der Waals surface area contributed by atoms with Gasteiger partial charge in [-0.05, 0) is 46.2 Å². The van der Waals surface area contributed by atoms with Gasteiger partial charge in [-0.1, -0.05) is 18.2 Å². The summed E-state index contributed by atoms with van der Waals surface area (Å²) in [5, 5.41) is 3.69. The number of amides is 1. The van der Waals surface area contributed by atoms with Crippen LogP contribution < -0.4 is 5.32 Å². The van der Waals surface area contributed by atoms with Gasteiger partial charge in [0.15, 0.2) is 5.79 Å². The van der Waals surface area contributed by atoms with Crippen molar-refractivity contribution >= 4 is 23.0 Å². The van der Waals surface area contributed by atoms with Crippen molar-refractivity contribution in [2.75, 3.05) is 13.2 Å². The van der Waals surface area contributed by atoms with Crippen LogP contribution in [0, 0.1) is 0 Å². The van der Waals surface area contributed by atoms with Gasteiger partial charge in [-0.2, -0.15) is 0 Å². The molecule has 1 aliphatic heterocycles. The van der Waals surface area contributed by atoms with Gasteiger partial charge in [0.1, 0.15) is 24.4 Å². The molecule has 2 aromatic rings. The van der Waals surface area contributed by atoms with Crippen molar-refractivity contribution in [2.24, 2.45) is 7.05 Å². The molecule has 8 heteroatoms. The Kier molecular flexibility index (Phi) is 6.62. The molecule has 170 valence electrons. The van der Waals surface area contributed by atoms with Gasteiger partial charge < -0.3 is 28.8 Å². The molecule has 1 aromatic heterocycles. The summed E-state index contributed by atoms with van der Waals surface area (Å²) in [7, 11) is 1.94. The average molecular weight is 433 g/mol. The average Bonchev–Trinajstić information content (AvgIpc) is 3.17. The lowest BCUT2D eigenvalue weighted by Crippen LogP contribution is -2.46. The lowest BCUT2D eigenvalue weighted by atomic mass is 10.1. The summed E-state index contributed by atoms with van der Waals surface area (Å²) < 4.78 is 24.0. The van der Waals surface area contributed by atoms with E-state index in [0.29, 0.717) is 6.61 Å². The third-order valence-corrected chi connectivity index (χ3v) is 4.86. The van der Waals surface area contributed by atoms with E-state index in [0.717, 1.165) is 16.5 Å². The van der Waals surface area contributed by atoms with E-state index in [9.17, 15) is 9.59 Å². The molecule has 0 radical (unpaired) electrons. The number of fused-ring (bicyclic) bond motifs is 1. The van der Waals surface area contributed by atoms with Gasteiger partial charge in [-0.25, -0.2) is 9.59 Å². The number of para-hydroxylation sites is 1. The number of nitrogens with zero attached hydrogens (tertiary/aromatic N) is 1. The number of carbonyl (C=O) groups excluding carboxylic acids is 2. The molecule has 8 nitrogen and oxygen atoms in total. The smallest absolute Gasteiger partial charge is 0.408 e. The molecule has 1 aromatic carbocycles. The predicted octanol–water partition coefficient (Wildman–Crippen LogP) is 3.31. The highest BCUT2D eigenvalue weighted by atomic mass is 16.7. The van der Waals surface area contributed by atoms with E-state index in [4.69, 9.17) is 18.9 Å². The summed E-state index contributed by atoms with van der Waals surface area (Å²) in [6.45, 7) is 9.31. The number of hydrogen-bond acceptors (Lipinski definition) is 6. The first kappa shape index (κ1) is 23.1. The van der Waals surface area contributed by atoms with Crippen molar-refractivity contribution in [1.82, 2.24) is 9.88 Å². The summed E-state index contributed by atoms with van der Waals surface area (Å²) in [6.07, 6.45) is 1.21. The number of benzene rings is 1. The van der Waals surface area contributed by atoms with E-state index in [1.807, 2.05) is 55.9 Å². The molecule has 31 heavy (non-hydrogen) atoms. The van der Waals surface area contributed by atoms with Crippen molar-refractivity contribution in [3.05, 3.63) is 36.0 Å². The van der Waals surface area contributed by atoms with Crippen LogP contribution in [0.1, 0.15) is 40.2 Å². The summed E-state index contributed by atoms with van der Waals surface area (Å²) in [4.78, 5) is 25.3. The Morgan fingerprint density at radius 2 is 2.00 bits per heavy atom. The summed E-state index contributed by atoms with van der Waals surface area (Å²) >= 11 is 0. The van der Waals surface area contributed by atoms with Crippen molar-refractivity contribution in [1.29, 1.82) is 0 Å². The van der Waals surface area contributed by atoms with Gasteiger partial charge in [0.05, 0.1) is 6.61 Å². The Hall–Kier alpha value is -2.58. The SMILES string of the molecule is Cn1cc(C[C@@H](NC(=O)OC(C)(C)C)C(=O)OCC2COC(C)(C)O2)c2ccccc21. The molecule has 0 bridgehead atoms. The summed E-state index contributed by atoms with van der Waals surface area (Å²) in [5.74, 6) is -1.25. The minimum Gasteiger partial charge on any atom is -0.461 e. The number of ether oxygens (including phenoxy) is 4. The van der Waals surface area contributed by atoms with Crippen molar-refractivity contribution in [3.63, 3.8) is 0 Å². The van der Waals surface area contributed by atoms with Crippen LogP contribution in [-0.4, -0.2) is 53.4 Å². The molecule has 1 fully saturated rings. The van der Waals surface area contributed by atoms with Gasteiger partial charge in [0.2, 0.25) is 0 Å². The molecular weight excluding hydrogens is 400 g/mol. The fourth-order valence-electron chi connectivity index (χ4n) is 3.57. The summed E-state index contributed by atoms with van der Waals surface area (Å²) in [5.41, 5.74) is 1.29. The van der Waals surface area contributed by atoms with Gasteiger partial charge in [-0.3, -0.25) is 0 Å². The van der Waals surface area contributed by atoms with Crippen LogP contribution in [-0.2, 0) is 37.2 Å². The Labute approximate surface area is 182 Å². The van der Waals surface area contributed by atoms with Crippen LogP contribution in [0.15, 0.2) is 30.5 Å². The zero-order valence-corrected chi connectivity index (χ0v) is 19.1. The molecular formula is C23H32N2O6. The number of carbonyl (C=O) groups is 2. The first-order valence-electron chi connectivity index (χ1n) is 10.4. The van der Waals surface area contributed by atoms with E-state index in [1.54, 1.807) is 20.8 Å². The first-order chi connectivity index (χ1) is 14.4. The second kappa shape index (κ2) is 8.88. The molecule has 3 rings (SSSR count). The highest BCUT2D eigenvalue weighted by Gasteiger charge is 2.34. The maximum Gasteiger partial charge on any atom is 0.408 e. The fourth-order valence-corrected chi connectivity index (χ4v) is 3.57. The van der Waals surface area contributed by atoms with Crippen molar-refractivity contribution in [2.45, 2.75) is 64.6 Å². The third kappa shape index (κ3) is 6.21. The standard InChI is InChI=1S/C23H32N2O6/c1-22(2,3)31-21(27)24-18(20(26)28-13-16-14-29-23(4,5)30-16)11-15-12-25(6)19-10-8-7-9-17(15)19/h7-10,12,16,18H,11,13-14H2,1-6H3,(H,24,27)/t16?,18-/m1/s1. The van der Waals surface area contributed by atoms with Gasteiger partial charge in [-0.15, -0.1) is 0 Å². The van der Waals surface area contributed by atoms with E-state index >= 15 is 0 Å². The molecule has 1 N–H and O–H groups in total. The van der Waals surface area contributed by atoms with Crippen molar-refractivity contribution < 1.29 is 28.5 Å². The molecule has 2 heterocycles. The van der Waals surface area contributed by atoms with Crippen molar-refractivity contribution in [3.8, 4) is 0 Å². The Bertz CT molecular complexity index is 943. The molecule has 2 atom stereocenters. The minimum atomic E-state index is -0.906. The third-order valence-electron chi connectivity index (χ3n) is 4.86. The molecule has 1 saturated heterocycles. The number of aromatic nitrogens is 1. The van der Waals surface area contributed by atoms with E-state index in [1.165, 1.54) is 0 Å². The Balaban J connectivity index is 1.73. The maximum absolute atomic E-state index is 12.9. The molecule has 1 aliphatic rings. The van der Waals surface area contributed by atoms with Crippen LogP contribution in [0.5, 0.6) is 0 Å². The van der Waals surface area contributed by atoms with E-state index < -0.39 is 29.5 Å². The highest BCUT2D eigenvalue weighted by molar-refractivity contribution is 5.86. The van der Waals surface area contributed by atoms with Crippen LogP contribution in [0.4, 0.5) is 4.79 Å². The molecule has 1 amide bonds. The Morgan fingerprint density at radius 3 is 2.65 bits per heavy atom. The second-order valence-electron chi connectivity index (χ2n) is 9.27. The number of nitrogens with one attached hydrogen (secondary N) is 1. The minimum absolute atomic E-state index is 0.0459. The lowest BCUT2D eigenvalue weighted by molar-refractivity contribution is -0.159. The molecule has 0 spiro atoms. The zero-order valence-electron chi connectivity index (χ0n) is 19.1. The van der Waals surface area contributed by atoms with Gasteiger partial charge in [0, 0.05) is 30.6 Å². The topological polar surface area (TPSA) is 88.0 Å². The zero-order chi connectivity index (χ0) is 22.8. The second-order valence-corrected chi connectivity index (χ2v) is 9.27. The predicted molar refractivity (Wildman–Crippen MR) is 116 cm³/mol.